The first kappa shape index (κ1) is 12.8. The number of amides is 1. The molecule has 0 spiro atoms. The molecule has 0 bridgehead atoms. The summed E-state index contributed by atoms with van der Waals surface area (Å²) in [5.41, 5.74) is 5.65. The van der Waals surface area contributed by atoms with Crippen LogP contribution in [0.4, 0.5) is 4.39 Å². The smallest absolute Gasteiger partial charge is 0.257 e. The van der Waals surface area contributed by atoms with E-state index in [0.29, 0.717) is 12.5 Å². The Labute approximate surface area is 105 Å². The molecule has 1 aromatic carbocycles. The van der Waals surface area contributed by atoms with Crippen molar-refractivity contribution >= 4 is 5.91 Å². The van der Waals surface area contributed by atoms with Crippen LogP contribution in [0.5, 0.6) is 5.75 Å². The summed E-state index contributed by atoms with van der Waals surface area (Å²) in [6, 6.07) is 3.31. The quantitative estimate of drug-likeness (QED) is 0.849. The molecule has 0 aliphatic heterocycles. The van der Waals surface area contributed by atoms with Crippen LogP contribution in [0, 0.1) is 11.7 Å². The predicted molar refractivity (Wildman–Crippen MR) is 65.7 cm³/mol. The van der Waals surface area contributed by atoms with Gasteiger partial charge in [-0.3, -0.25) is 4.79 Å². The van der Waals surface area contributed by atoms with E-state index in [4.69, 9.17) is 5.73 Å². The van der Waals surface area contributed by atoms with Gasteiger partial charge in [0.15, 0.2) is 0 Å². The number of phenolic OH excluding ortho intramolecular Hbond substituents is 1. The Morgan fingerprint density at radius 1 is 1.61 bits per heavy atom. The lowest BCUT2D eigenvalue weighted by atomic mass is 10.1. The fraction of sp³-hybridized carbons (Fsp3) is 0.462. The summed E-state index contributed by atoms with van der Waals surface area (Å²) in [6.07, 6.45) is 2.13. The molecule has 1 unspecified atom stereocenters. The monoisotopic (exact) mass is 252 g/mol. The average Bonchev–Trinajstić information content (AvgIpc) is 3.16. The van der Waals surface area contributed by atoms with Crippen molar-refractivity contribution in [1.29, 1.82) is 0 Å². The van der Waals surface area contributed by atoms with Crippen LogP contribution in [-0.2, 0) is 0 Å². The van der Waals surface area contributed by atoms with Crippen LogP contribution in [0.2, 0.25) is 0 Å². The number of nitrogens with two attached hydrogens (primary N) is 1. The highest BCUT2D eigenvalue weighted by Gasteiger charge is 2.35. The molecule has 1 fully saturated rings. The Kier molecular flexibility index (Phi) is 3.52. The zero-order valence-corrected chi connectivity index (χ0v) is 10.3. The maximum atomic E-state index is 13.1. The minimum absolute atomic E-state index is 0.0170. The standard InChI is InChI=1S/C13H17FN2O2/c1-16(11(7-15)8-2-3-8)13(18)10-6-9(14)4-5-12(10)17/h4-6,8,11,17H,2-3,7,15H2,1H3. The molecule has 2 rings (SSSR count). The van der Waals surface area contributed by atoms with E-state index in [0.717, 1.165) is 25.0 Å². The highest BCUT2D eigenvalue weighted by molar-refractivity contribution is 5.96. The summed E-state index contributed by atoms with van der Waals surface area (Å²) in [6.45, 7) is 0.378. The van der Waals surface area contributed by atoms with Gasteiger partial charge in [0, 0.05) is 19.6 Å². The maximum Gasteiger partial charge on any atom is 0.257 e. The number of aromatic hydroxyl groups is 1. The first-order valence-electron chi connectivity index (χ1n) is 6.00. The van der Waals surface area contributed by atoms with Gasteiger partial charge < -0.3 is 15.7 Å². The molecule has 0 aromatic heterocycles. The second kappa shape index (κ2) is 4.94. The van der Waals surface area contributed by atoms with Crippen molar-refractivity contribution in [2.24, 2.45) is 11.7 Å². The largest absolute Gasteiger partial charge is 0.507 e. The molecule has 0 heterocycles. The molecular weight excluding hydrogens is 235 g/mol. The van der Waals surface area contributed by atoms with Crippen LogP contribution >= 0.6 is 0 Å². The Morgan fingerprint density at radius 3 is 2.83 bits per heavy atom. The van der Waals surface area contributed by atoms with E-state index in [1.807, 2.05) is 0 Å². The normalized spacial score (nSPS) is 16.4. The number of nitrogens with zero attached hydrogens (tertiary/aromatic N) is 1. The molecule has 4 nitrogen and oxygen atoms in total. The van der Waals surface area contributed by atoms with Crippen molar-refractivity contribution in [3.05, 3.63) is 29.6 Å². The number of carbonyl (C=O) groups is 1. The van der Waals surface area contributed by atoms with Crippen LogP contribution in [0.25, 0.3) is 0 Å². The molecular formula is C13H17FN2O2. The summed E-state index contributed by atoms with van der Waals surface area (Å²) in [7, 11) is 1.64. The number of carbonyl (C=O) groups excluding carboxylic acids is 1. The average molecular weight is 252 g/mol. The van der Waals surface area contributed by atoms with Crippen molar-refractivity contribution in [2.45, 2.75) is 18.9 Å². The Bertz CT molecular complexity index is 460. The molecule has 1 aliphatic carbocycles. The van der Waals surface area contributed by atoms with Crippen LogP contribution in [0.1, 0.15) is 23.2 Å². The first-order chi connectivity index (χ1) is 8.54. The molecule has 3 N–H and O–H groups in total. The lowest BCUT2D eigenvalue weighted by Gasteiger charge is -2.27. The van der Waals surface area contributed by atoms with Crippen molar-refractivity contribution in [3.8, 4) is 5.75 Å². The Balaban J connectivity index is 2.21. The van der Waals surface area contributed by atoms with E-state index >= 15 is 0 Å². The summed E-state index contributed by atoms with van der Waals surface area (Å²) < 4.78 is 13.1. The van der Waals surface area contributed by atoms with Gasteiger partial charge >= 0.3 is 0 Å². The minimum Gasteiger partial charge on any atom is -0.507 e. The van der Waals surface area contributed by atoms with Gasteiger partial charge in [-0.15, -0.1) is 0 Å². The first-order valence-corrected chi connectivity index (χ1v) is 6.00. The molecule has 18 heavy (non-hydrogen) atoms. The third kappa shape index (κ3) is 2.46. The molecule has 98 valence electrons. The fourth-order valence-electron chi connectivity index (χ4n) is 2.17. The van der Waals surface area contributed by atoms with Gasteiger partial charge in [0.1, 0.15) is 11.6 Å². The number of halogens is 1. The van der Waals surface area contributed by atoms with Gasteiger partial charge in [-0.1, -0.05) is 0 Å². The summed E-state index contributed by atoms with van der Waals surface area (Å²) in [5.74, 6) is -0.714. The second-order valence-corrected chi connectivity index (χ2v) is 4.72. The van der Waals surface area contributed by atoms with Gasteiger partial charge in [0.05, 0.1) is 5.56 Å². The number of phenols is 1. The maximum absolute atomic E-state index is 13.1. The van der Waals surface area contributed by atoms with E-state index in [1.54, 1.807) is 7.05 Å². The SMILES string of the molecule is CN(C(=O)c1cc(F)ccc1O)C(CN)C1CC1. The van der Waals surface area contributed by atoms with E-state index in [1.165, 1.54) is 11.0 Å². The van der Waals surface area contributed by atoms with E-state index in [-0.39, 0.29) is 17.4 Å². The van der Waals surface area contributed by atoms with Crippen LogP contribution < -0.4 is 5.73 Å². The van der Waals surface area contributed by atoms with Gasteiger partial charge in [-0.05, 0) is 37.0 Å². The van der Waals surface area contributed by atoms with Gasteiger partial charge in [-0.2, -0.15) is 0 Å². The van der Waals surface area contributed by atoms with Crippen molar-refractivity contribution < 1.29 is 14.3 Å². The highest BCUT2D eigenvalue weighted by Crippen LogP contribution is 2.35. The van der Waals surface area contributed by atoms with Gasteiger partial charge in [0.2, 0.25) is 0 Å². The highest BCUT2D eigenvalue weighted by atomic mass is 19.1. The number of hydrogen-bond donors (Lipinski definition) is 2. The summed E-state index contributed by atoms with van der Waals surface area (Å²) >= 11 is 0. The van der Waals surface area contributed by atoms with Gasteiger partial charge in [-0.25, -0.2) is 4.39 Å². The molecule has 1 atom stereocenters. The molecule has 1 amide bonds. The zero-order chi connectivity index (χ0) is 13.3. The number of hydrogen-bond acceptors (Lipinski definition) is 3. The Morgan fingerprint density at radius 2 is 2.28 bits per heavy atom. The molecule has 0 saturated heterocycles. The number of benzene rings is 1. The van der Waals surface area contributed by atoms with Crippen LogP contribution in [0.3, 0.4) is 0 Å². The van der Waals surface area contributed by atoms with E-state index in [2.05, 4.69) is 0 Å². The van der Waals surface area contributed by atoms with Crippen LogP contribution in [-0.4, -0.2) is 35.5 Å². The molecule has 0 radical (unpaired) electrons. The molecule has 1 aromatic rings. The number of likely N-dealkylation sites (N-methyl/N-ethyl adjacent to an activating group) is 1. The summed E-state index contributed by atoms with van der Waals surface area (Å²) in [5, 5.41) is 9.62. The topological polar surface area (TPSA) is 66.6 Å². The fourth-order valence-corrected chi connectivity index (χ4v) is 2.17. The lowest BCUT2D eigenvalue weighted by molar-refractivity contribution is 0.0715. The van der Waals surface area contributed by atoms with E-state index < -0.39 is 11.7 Å². The summed E-state index contributed by atoms with van der Waals surface area (Å²) in [4.78, 5) is 13.7. The lowest BCUT2D eigenvalue weighted by Crippen LogP contribution is -2.43. The second-order valence-electron chi connectivity index (χ2n) is 4.72. The van der Waals surface area contributed by atoms with Crippen LogP contribution in [0.15, 0.2) is 18.2 Å². The molecule has 1 aliphatic rings. The molecule has 5 heteroatoms. The van der Waals surface area contributed by atoms with E-state index in [9.17, 15) is 14.3 Å². The van der Waals surface area contributed by atoms with Gasteiger partial charge in [0.25, 0.3) is 5.91 Å². The third-order valence-electron chi connectivity index (χ3n) is 3.41. The van der Waals surface area contributed by atoms with Crippen molar-refractivity contribution in [3.63, 3.8) is 0 Å². The predicted octanol–water partition coefficient (Wildman–Crippen LogP) is 1.34. The van der Waals surface area contributed by atoms with Crippen molar-refractivity contribution in [1.82, 2.24) is 4.90 Å². The molecule has 1 saturated carbocycles. The number of rotatable bonds is 4. The zero-order valence-electron chi connectivity index (χ0n) is 10.3. The Hall–Kier alpha value is -1.62. The minimum atomic E-state index is -0.541. The van der Waals surface area contributed by atoms with Crippen molar-refractivity contribution in [2.75, 3.05) is 13.6 Å². The third-order valence-corrected chi connectivity index (χ3v) is 3.41.